The highest BCUT2D eigenvalue weighted by Crippen LogP contribution is 2.13. The minimum Gasteiger partial charge on any atom is -0.465 e. The fourth-order valence-electron chi connectivity index (χ4n) is 1.28. The SMILES string of the molecule is CCOC(=O)C(N)CSCC1CCOCO1. The summed E-state index contributed by atoms with van der Waals surface area (Å²) in [5, 5.41) is 0. The van der Waals surface area contributed by atoms with E-state index in [-0.39, 0.29) is 12.1 Å². The van der Waals surface area contributed by atoms with Crippen LogP contribution in [-0.4, -0.2) is 49.6 Å². The third kappa shape index (κ3) is 5.16. The summed E-state index contributed by atoms with van der Waals surface area (Å²) in [5.41, 5.74) is 5.66. The van der Waals surface area contributed by atoms with Crippen LogP contribution in [0.5, 0.6) is 0 Å². The van der Waals surface area contributed by atoms with Gasteiger partial charge in [0.15, 0.2) is 0 Å². The molecule has 1 heterocycles. The molecule has 16 heavy (non-hydrogen) atoms. The van der Waals surface area contributed by atoms with Gasteiger partial charge in [-0.2, -0.15) is 11.8 Å². The molecule has 0 aromatic carbocycles. The van der Waals surface area contributed by atoms with E-state index in [1.54, 1.807) is 18.7 Å². The first-order chi connectivity index (χ1) is 7.74. The van der Waals surface area contributed by atoms with Crippen LogP contribution in [0.2, 0.25) is 0 Å². The van der Waals surface area contributed by atoms with E-state index in [2.05, 4.69) is 0 Å². The summed E-state index contributed by atoms with van der Waals surface area (Å²) in [6, 6.07) is -0.537. The first-order valence-corrected chi connectivity index (χ1v) is 6.58. The zero-order valence-corrected chi connectivity index (χ0v) is 10.3. The van der Waals surface area contributed by atoms with Gasteiger partial charge >= 0.3 is 5.97 Å². The third-order valence-corrected chi connectivity index (χ3v) is 3.36. The van der Waals surface area contributed by atoms with Crippen molar-refractivity contribution >= 4 is 17.7 Å². The predicted molar refractivity (Wildman–Crippen MR) is 62.2 cm³/mol. The third-order valence-electron chi connectivity index (χ3n) is 2.16. The summed E-state index contributed by atoms with van der Waals surface area (Å²) in [6.45, 7) is 3.26. The van der Waals surface area contributed by atoms with Crippen LogP contribution in [0, 0.1) is 0 Å². The molecule has 0 amide bonds. The zero-order chi connectivity index (χ0) is 11.8. The average Bonchev–Trinajstić information content (AvgIpc) is 2.30. The first-order valence-electron chi connectivity index (χ1n) is 5.43. The van der Waals surface area contributed by atoms with Crippen LogP contribution in [0.3, 0.4) is 0 Å². The second kappa shape index (κ2) is 7.89. The number of rotatable bonds is 6. The maximum absolute atomic E-state index is 11.2. The lowest BCUT2D eigenvalue weighted by atomic mass is 10.3. The van der Waals surface area contributed by atoms with Crippen molar-refractivity contribution in [3.8, 4) is 0 Å². The Bertz CT molecular complexity index is 209. The van der Waals surface area contributed by atoms with Crippen LogP contribution in [-0.2, 0) is 19.0 Å². The van der Waals surface area contributed by atoms with E-state index in [1.807, 2.05) is 0 Å². The van der Waals surface area contributed by atoms with Crippen LogP contribution in [0.15, 0.2) is 0 Å². The minimum atomic E-state index is -0.537. The smallest absolute Gasteiger partial charge is 0.323 e. The van der Waals surface area contributed by atoms with Crippen molar-refractivity contribution in [3.63, 3.8) is 0 Å². The molecule has 1 aliphatic rings. The van der Waals surface area contributed by atoms with Crippen LogP contribution in [0.25, 0.3) is 0 Å². The second-order valence-electron chi connectivity index (χ2n) is 3.50. The molecule has 0 saturated carbocycles. The van der Waals surface area contributed by atoms with E-state index in [0.717, 1.165) is 18.8 Å². The fraction of sp³-hybridized carbons (Fsp3) is 0.900. The van der Waals surface area contributed by atoms with Crippen molar-refractivity contribution in [2.75, 3.05) is 31.5 Å². The molecular weight excluding hydrogens is 230 g/mol. The lowest BCUT2D eigenvalue weighted by Crippen LogP contribution is -2.35. The van der Waals surface area contributed by atoms with Gasteiger partial charge < -0.3 is 19.9 Å². The molecule has 0 spiro atoms. The number of thioether (sulfide) groups is 1. The molecule has 1 rings (SSSR count). The van der Waals surface area contributed by atoms with Gasteiger partial charge in [0.25, 0.3) is 0 Å². The molecule has 94 valence electrons. The average molecular weight is 249 g/mol. The van der Waals surface area contributed by atoms with E-state index < -0.39 is 6.04 Å². The molecular formula is C10H19NO4S. The van der Waals surface area contributed by atoms with Gasteiger partial charge in [-0.15, -0.1) is 0 Å². The van der Waals surface area contributed by atoms with E-state index in [0.29, 0.717) is 19.2 Å². The summed E-state index contributed by atoms with van der Waals surface area (Å²) >= 11 is 1.62. The first kappa shape index (κ1) is 13.8. The van der Waals surface area contributed by atoms with Crippen molar-refractivity contribution in [2.24, 2.45) is 5.73 Å². The number of nitrogens with two attached hydrogens (primary N) is 1. The summed E-state index contributed by atoms with van der Waals surface area (Å²) in [4.78, 5) is 11.2. The highest BCUT2D eigenvalue weighted by Gasteiger charge is 2.17. The Morgan fingerprint density at radius 3 is 3.12 bits per heavy atom. The van der Waals surface area contributed by atoms with E-state index in [9.17, 15) is 4.79 Å². The molecule has 0 aromatic rings. The van der Waals surface area contributed by atoms with Gasteiger partial charge in [-0.3, -0.25) is 4.79 Å². The van der Waals surface area contributed by atoms with Crippen molar-refractivity contribution < 1.29 is 19.0 Å². The number of carbonyl (C=O) groups is 1. The van der Waals surface area contributed by atoms with Crippen LogP contribution >= 0.6 is 11.8 Å². The van der Waals surface area contributed by atoms with E-state index in [1.165, 1.54) is 0 Å². The van der Waals surface area contributed by atoms with Crippen molar-refractivity contribution in [1.29, 1.82) is 0 Å². The summed E-state index contributed by atoms with van der Waals surface area (Å²) < 4.78 is 15.3. The highest BCUT2D eigenvalue weighted by atomic mass is 32.2. The molecule has 1 fully saturated rings. The molecule has 0 radical (unpaired) electrons. The van der Waals surface area contributed by atoms with Gasteiger partial charge in [0.05, 0.1) is 19.3 Å². The van der Waals surface area contributed by atoms with Gasteiger partial charge in [-0.1, -0.05) is 0 Å². The molecule has 1 saturated heterocycles. The number of hydrogen-bond acceptors (Lipinski definition) is 6. The number of ether oxygens (including phenoxy) is 3. The standard InChI is InChI=1S/C10H19NO4S/c1-2-14-10(12)9(11)6-16-5-8-3-4-13-7-15-8/h8-9H,2-7,11H2,1H3. The lowest BCUT2D eigenvalue weighted by Gasteiger charge is -2.22. The molecule has 5 nitrogen and oxygen atoms in total. The monoisotopic (exact) mass is 249 g/mol. The maximum Gasteiger partial charge on any atom is 0.323 e. The summed E-state index contributed by atoms with van der Waals surface area (Å²) in [7, 11) is 0. The Morgan fingerprint density at radius 2 is 2.50 bits per heavy atom. The Morgan fingerprint density at radius 1 is 1.69 bits per heavy atom. The molecule has 0 aliphatic carbocycles. The number of esters is 1. The molecule has 6 heteroatoms. The molecule has 2 unspecified atom stereocenters. The van der Waals surface area contributed by atoms with Gasteiger partial charge in [-0.25, -0.2) is 0 Å². The minimum absolute atomic E-state index is 0.216. The van der Waals surface area contributed by atoms with Crippen molar-refractivity contribution in [3.05, 3.63) is 0 Å². The largest absolute Gasteiger partial charge is 0.465 e. The van der Waals surface area contributed by atoms with Gasteiger partial charge in [-0.05, 0) is 13.3 Å². The van der Waals surface area contributed by atoms with Crippen LogP contribution < -0.4 is 5.73 Å². The Hall–Kier alpha value is -0.300. The van der Waals surface area contributed by atoms with Gasteiger partial charge in [0.2, 0.25) is 0 Å². The van der Waals surface area contributed by atoms with Gasteiger partial charge in [0.1, 0.15) is 12.8 Å². The fourth-order valence-corrected chi connectivity index (χ4v) is 2.33. The van der Waals surface area contributed by atoms with E-state index >= 15 is 0 Å². The molecule has 0 aromatic heterocycles. The predicted octanol–water partition coefficient (Wildman–Crippen LogP) is 0.373. The molecule has 1 aliphatic heterocycles. The zero-order valence-electron chi connectivity index (χ0n) is 9.52. The maximum atomic E-state index is 11.2. The second-order valence-corrected chi connectivity index (χ2v) is 4.57. The summed E-state index contributed by atoms with van der Waals surface area (Å²) in [5.74, 6) is 1.08. The normalized spacial score (nSPS) is 22.8. The Kier molecular flexibility index (Phi) is 6.79. The van der Waals surface area contributed by atoms with Crippen LogP contribution in [0.1, 0.15) is 13.3 Å². The topological polar surface area (TPSA) is 70.8 Å². The Labute approximate surface area is 100.0 Å². The molecule has 0 bridgehead atoms. The quantitative estimate of drug-likeness (QED) is 0.686. The molecule has 2 atom stereocenters. The molecule has 2 N–H and O–H groups in total. The van der Waals surface area contributed by atoms with Crippen LogP contribution in [0.4, 0.5) is 0 Å². The van der Waals surface area contributed by atoms with Crippen molar-refractivity contribution in [1.82, 2.24) is 0 Å². The van der Waals surface area contributed by atoms with Crippen molar-refractivity contribution in [2.45, 2.75) is 25.5 Å². The Balaban J connectivity index is 2.07. The summed E-state index contributed by atoms with van der Waals surface area (Å²) in [6.07, 6.45) is 1.12. The van der Waals surface area contributed by atoms with Gasteiger partial charge in [0, 0.05) is 11.5 Å². The van der Waals surface area contributed by atoms with E-state index in [4.69, 9.17) is 19.9 Å². The number of carbonyl (C=O) groups excluding carboxylic acids is 1. The lowest BCUT2D eigenvalue weighted by molar-refractivity contribution is -0.144. The highest BCUT2D eigenvalue weighted by molar-refractivity contribution is 7.99. The number of hydrogen-bond donors (Lipinski definition) is 1.